The normalized spacial score (nSPS) is 10.8. The summed E-state index contributed by atoms with van der Waals surface area (Å²) >= 11 is 1.19. The number of hydrogen-bond acceptors (Lipinski definition) is 4. The van der Waals surface area contributed by atoms with E-state index in [1.807, 2.05) is 0 Å². The molecule has 3 N–H and O–H groups in total. The van der Waals surface area contributed by atoms with E-state index in [4.69, 9.17) is 5.73 Å². The molecule has 0 bridgehead atoms. The first-order chi connectivity index (χ1) is 9.42. The Morgan fingerprint density at radius 1 is 1.45 bits per heavy atom. The molecule has 0 aromatic carbocycles. The maximum absolute atomic E-state index is 11.8. The number of amides is 1. The van der Waals surface area contributed by atoms with Crippen LogP contribution in [0.4, 0.5) is 13.2 Å². The van der Waals surface area contributed by atoms with Crippen LogP contribution in [0.25, 0.3) is 0 Å². The van der Waals surface area contributed by atoms with E-state index >= 15 is 0 Å². The molecule has 1 heterocycles. The Morgan fingerprint density at radius 3 is 2.85 bits per heavy atom. The van der Waals surface area contributed by atoms with Crippen molar-refractivity contribution in [3.8, 4) is 11.8 Å². The van der Waals surface area contributed by atoms with E-state index in [0.717, 1.165) is 0 Å². The van der Waals surface area contributed by atoms with Crippen LogP contribution in [0, 0.1) is 11.8 Å². The van der Waals surface area contributed by atoms with Gasteiger partial charge in [-0.1, -0.05) is 11.8 Å². The molecule has 0 saturated carbocycles. The van der Waals surface area contributed by atoms with Crippen molar-refractivity contribution in [1.29, 1.82) is 0 Å². The molecule has 20 heavy (non-hydrogen) atoms. The smallest absolute Gasteiger partial charge is 0.370 e. The first-order valence-electron chi connectivity index (χ1n) is 5.64. The molecule has 0 aliphatic rings. The number of nitrogens with two attached hydrogens (primary N) is 1. The van der Waals surface area contributed by atoms with Crippen LogP contribution >= 0.6 is 11.3 Å². The molecule has 1 rings (SSSR count). The predicted molar refractivity (Wildman–Crippen MR) is 69.5 cm³/mol. The second kappa shape index (κ2) is 7.89. The Bertz CT molecular complexity index is 503. The summed E-state index contributed by atoms with van der Waals surface area (Å²) in [6.07, 6.45) is -4.35. The van der Waals surface area contributed by atoms with E-state index < -0.39 is 12.8 Å². The van der Waals surface area contributed by atoms with Crippen molar-refractivity contribution >= 4 is 17.2 Å². The molecule has 110 valence electrons. The molecule has 0 saturated heterocycles. The summed E-state index contributed by atoms with van der Waals surface area (Å²) in [6, 6.07) is 3.28. The monoisotopic (exact) mass is 306 g/mol. The van der Waals surface area contributed by atoms with Gasteiger partial charge in [-0.3, -0.25) is 4.79 Å². The van der Waals surface area contributed by atoms with Gasteiger partial charge in [0, 0.05) is 6.54 Å². The van der Waals surface area contributed by atoms with E-state index in [-0.39, 0.29) is 25.6 Å². The van der Waals surface area contributed by atoms with Crippen molar-refractivity contribution in [3.63, 3.8) is 0 Å². The Labute approximate surface area is 118 Å². The number of alkyl halides is 3. The Kier molecular flexibility index (Phi) is 6.51. The predicted octanol–water partition coefficient (Wildman–Crippen LogP) is 1.37. The van der Waals surface area contributed by atoms with Gasteiger partial charge in [-0.2, -0.15) is 13.2 Å². The molecule has 1 amide bonds. The third kappa shape index (κ3) is 6.56. The Morgan fingerprint density at radius 2 is 2.20 bits per heavy atom. The topological polar surface area (TPSA) is 64.4 Å². The van der Waals surface area contributed by atoms with Crippen LogP contribution in [-0.2, 0) is 4.74 Å². The van der Waals surface area contributed by atoms with Crippen LogP contribution < -0.4 is 11.1 Å². The second-order valence-electron chi connectivity index (χ2n) is 3.59. The Hall–Kier alpha value is -1.56. The third-order valence-electron chi connectivity index (χ3n) is 1.94. The molecule has 0 fully saturated rings. The van der Waals surface area contributed by atoms with Gasteiger partial charge < -0.3 is 15.8 Å². The van der Waals surface area contributed by atoms with Crippen molar-refractivity contribution < 1.29 is 22.7 Å². The van der Waals surface area contributed by atoms with Gasteiger partial charge in [0.15, 0.2) is 0 Å². The molecule has 0 aliphatic carbocycles. The number of hydrogen-bond donors (Lipinski definition) is 2. The molecule has 0 atom stereocenters. The standard InChI is InChI=1S/C12H13F3N2O2S/c13-12(14,15)8-19-7-6-17-11(18)10-4-3-9(20-10)2-1-5-16/h3-4H,5-8,16H2,(H,17,18). The minimum absolute atomic E-state index is 0.0105. The fraction of sp³-hybridized carbons (Fsp3) is 0.417. The van der Waals surface area contributed by atoms with Crippen molar-refractivity contribution in [1.82, 2.24) is 5.32 Å². The second-order valence-corrected chi connectivity index (χ2v) is 4.68. The minimum Gasteiger partial charge on any atom is -0.370 e. The number of nitrogens with one attached hydrogen (secondary N) is 1. The van der Waals surface area contributed by atoms with Gasteiger partial charge in [0.25, 0.3) is 5.91 Å². The lowest BCUT2D eigenvalue weighted by molar-refractivity contribution is -0.173. The largest absolute Gasteiger partial charge is 0.411 e. The summed E-state index contributed by atoms with van der Waals surface area (Å²) in [6.45, 7) is -1.27. The molecular weight excluding hydrogens is 293 g/mol. The maximum Gasteiger partial charge on any atom is 0.411 e. The van der Waals surface area contributed by atoms with Crippen LogP contribution in [0.1, 0.15) is 14.5 Å². The first kappa shape index (κ1) is 16.5. The average molecular weight is 306 g/mol. The van der Waals surface area contributed by atoms with Gasteiger partial charge in [-0.25, -0.2) is 0 Å². The lowest BCUT2D eigenvalue weighted by Gasteiger charge is -2.07. The minimum atomic E-state index is -4.35. The van der Waals surface area contributed by atoms with E-state index in [2.05, 4.69) is 21.9 Å². The fourth-order valence-electron chi connectivity index (χ4n) is 1.18. The molecule has 0 unspecified atom stereocenters. The zero-order chi connectivity index (χ0) is 15.0. The Balaban J connectivity index is 2.31. The van der Waals surface area contributed by atoms with E-state index in [1.165, 1.54) is 11.3 Å². The zero-order valence-electron chi connectivity index (χ0n) is 10.4. The highest BCUT2D eigenvalue weighted by Gasteiger charge is 2.27. The van der Waals surface area contributed by atoms with E-state index in [0.29, 0.717) is 9.75 Å². The molecule has 0 aliphatic heterocycles. The summed E-state index contributed by atoms with van der Waals surface area (Å²) in [5.74, 6) is 5.08. The highest BCUT2D eigenvalue weighted by atomic mass is 32.1. The molecule has 1 aromatic rings. The highest BCUT2D eigenvalue weighted by molar-refractivity contribution is 7.14. The van der Waals surface area contributed by atoms with Crippen LogP contribution in [0.5, 0.6) is 0 Å². The van der Waals surface area contributed by atoms with Crippen molar-refractivity contribution in [3.05, 3.63) is 21.9 Å². The van der Waals surface area contributed by atoms with Crippen molar-refractivity contribution in [2.75, 3.05) is 26.3 Å². The molecule has 0 spiro atoms. The first-order valence-corrected chi connectivity index (χ1v) is 6.45. The zero-order valence-corrected chi connectivity index (χ0v) is 11.2. The number of rotatable bonds is 5. The molecule has 8 heteroatoms. The third-order valence-corrected chi connectivity index (χ3v) is 2.94. The van der Waals surface area contributed by atoms with E-state index in [9.17, 15) is 18.0 Å². The highest BCUT2D eigenvalue weighted by Crippen LogP contribution is 2.15. The van der Waals surface area contributed by atoms with Crippen molar-refractivity contribution in [2.24, 2.45) is 5.73 Å². The lowest BCUT2D eigenvalue weighted by atomic mass is 10.4. The fourth-order valence-corrected chi connectivity index (χ4v) is 1.97. The maximum atomic E-state index is 11.8. The lowest BCUT2D eigenvalue weighted by Crippen LogP contribution is -2.28. The SMILES string of the molecule is NCC#Cc1ccc(C(=O)NCCOCC(F)(F)F)s1. The summed E-state index contributed by atoms with van der Waals surface area (Å²) < 4.78 is 39.7. The molecule has 0 radical (unpaired) electrons. The van der Waals surface area contributed by atoms with Gasteiger partial charge in [-0.05, 0) is 12.1 Å². The number of carbonyl (C=O) groups excluding carboxylic acids is 1. The van der Waals surface area contributed by atoms with Gasteiger partial charge in [0.2, 0.25) is 0 Å². The number of halogens is 3. The molecular formula is C12H13F3N2O2S. The number of ether oxygens (including phenoxy) is 1. The van der Waals surface area contributed by atoms with Gasteiger partial charge in [-0.15, -0.1) is 11.3 Å². The van der Waals surface area contributed by atoms with Gasteiger partial charge in [0.1, 0.15) is 6.61 Å². The average Bonchev–Trinajstić information content (AvgIpc) is 2.83. The quantitative estimate of drug-likeness (QED) is 0.638. The summed E-state index contributed by atoms with van der Waals surface area (Å²) in [5.41, 5.74) is 5.23. The molecule has 4 nitrogen and oxygen atoms in total. The summed E-state index contributed by atoms with van der Waals surface area (Å²) in [4.78, 5) is 12.8. The number of carbonyl (C=O) groups is 1. The van der Waals surface area contributed by atoms with Gasteiger partial charge >= 0.3 is 6.18 Å². The summed E-state index contributed by atoms with van der Waals surface area (Å²) in [5, 5.41) is 2.46. The van der Waals surface area contributed by atoms with Crippen LogP contribution in [0.15, 0.2) is 12.1 Å². The van der Waals surface area contributed by atoms with Crippen LogP contribution in [0.3, 0.4) is 0 Å². The molecule has 1 aromatic heterocycles. The number of thiophene rings is 1. The van der Waals surface area contributed by atoms with Crippen LogP contribution in [-0.4, -0.2) is 38.4 Å². The van der Waals surface area contributed by atoms with Crippen LogP contribution in [0.2, 0.25) is 0 Å². The van der Waals surface area contributed by atoms with Crippen molar-refractivity contribution in [2.45, 2.75) is 6.18 Å². The van der Waals surface area contributed by atoms with Gasteiger partial charge in [0.05, 0.1) is 22.9 Å². The van der Waals surface area contributed by atoms with E-state index in [1.54, 1.807) is 12.1 Å². The summed E-state index contributed by atoms with van der Waals surface area (Å²) in [7, 11) is 0.